The fourth-order valence-electron chi connectivity index (χ4n) is 1.61. The number of amidine groups is 1. The van der Waals surface area contributed by atoms with Crippen molar-refractivity contribution >= 4 is 24.9 Å². The molecule has 1 aromatic heterocycles. The molecule has 0 radical (unpaired) electrons. The van der Waals surface area contributed by atoms with Gasteiger partial charge in [0.05, 0.1) is 28.2 Å². The maximum atomic E-state index is 9.87. The number of aromatic amines is 1. The maximum absolute atomic E-state index is 10.7. The average molecular weight is 379 g/mol. The molecule has 0 bridgehead atoms. The molecule has 13 heteroatoms. The van der Waals surface area contributed by atoms with Crippen molar-refractivity contribution in [3.8, 4) is 5.75 Å². The Hall–Kier alpha value is -2.10. The van der Waals surface area contributed by atoms with E-state index in [-0.39, 0.29) is 0 Å². The van der Waals surface area contributed by atoms with Crippen molar-refractivity contribution < 1.29 is 34.5 Å². The summed E-state index contributed by atoms with van der Waals surface area (Å²) in [5, 5.41) is 10.7. The predicted molar refractivity (Wildman–Crippen MR) is 78.9 cm³/mol. The van der Waals surface area contributed by atoms with E-state index in [4.69, 9.17) is 4.74 Å². The van der Waals surface area contributed by atoms with Gasteiger partial charge in [-0.2, -0.15) is 15.4 Å². The average Bonchev–Trinajstić information content (AvgIpc) is 2.79. The summed E-state index contributed by atoms with van der Waals surface area (Å²) in [4.78, 5) is 1.90. The molecule has 0 unspecified atom stereocenters. The summed E-state index contributed by atoms with van der Waals surface area (Å²) in [6, 6.07) is 6.39. The molecule has 1 N–H and O–H groups in total. The molecule has 0 fully saturated rings. The number of rotatable bonds is 1. The summed E-state index contributed by atoms with van der Waals surface area (Å²) in [5.41, 5.74) is 1.52. The molecule has 0 aliphatic rings. The zero-order valence-electron chi connectivity index (χ0n) is 13.1. The van der Waals surface area contributed by atoms with E-state index in [1.165, 1.54) is 0 Å². The number of halogens is 6. The van der Waals surface area contributed by atoms with Crippen LogP contribution in [0.25, 0.3) is 11.0 Å². The first-order valence-electron chi connectivity index (χ1n) is 6.30. The second-order valence-electron chi connectivity index (χ2n) is 5.08. The van der Waals surface area contributed by atoms with E-state index in [0.29, 0.717) is 5.75 Å². The molecule has 0 aliphatic carbocycles. The molecule has 6 nitrogen and oxygen atoms in total. The molecule has 0 spiro atoms. The monoisotopic (exact) mass is 379 g/mol. The zero-order valence-corrected chi connectivity index (χ0v) is 14.0. The van der Waals surface area contributed by atoms with Crippen LogP contribution in [0.3, 0.4) is 0 Å². The first-order valence-corrected chi connectivity index (χ1v) is 8.33. The summed E-state index contributed by atoms with van der Waals surface area (Å²) < 4.78 is 67.0. The molecule has 0 saturated carbocycles. The van der Waals surface area contributed by atoms with Crippen LogP contribution in [0.2, 0.25) is 0 Å². The Kier molecular flexibility index (Phi) is 4.79. The van der Waals surface area contributed by atoms with E-state index in [0.717, 1.165) is 17.1 Å². The Labute approximate surface area is 132 Å². The van der Waals surface area contributed by atoms with Crippen LogP contribution in [-0.4, -0.2) is 59.1 Å². The van der Waals surface area contributed by atoms with Crippen LogP contribution in [0.4, 0.5) is 25.2 Å². The molecular weight excluding hydrogens is 363 g/mol. The minimum atomic E-state index is -10.7. The first kappa shape index (κ1) is 19.9. The van der Waals surface area contributed by atoms with Gasteiger partial charge in [-0.25, -0.2) is 9.48 Å². The quantitative estimate of drug-likeness (QED) is 0.268. The first-order chi connectivity index (χ1) is 10.5. The van der Waals surface area contributed by atoms with Crippen LogP contribution in [0.1, 0.15) is 0 Å². The van der Waals surface area contributed by atoms with Crippen molar-refractivity contribution in [2.24, 2.45) is 0 Å². The van der Waals surface area contributed by atoms with Crippen LogP contribution in [0.15, 0.2) is 18.2 Å². The predicted octanol–water partition coefficient (Wildman–Crippen LogP) is 3.91. The van der Waals surface area contributed by atoms with Gasteiger partial charge >= 0.3 is 39.0 Å². The van der Waals surface area contributed by atoms with Gasteiger partial charge in [0.15, 0.2) is 11.3 Å². The number of hydrogen-bond acceptors (Lipinski definition) is 3. The second kappa shape index (κ2) is 5.76. The normalized spacial score (nSPS) is 14.1. The zero-order chi connectivity index (χ0) is 18.8. The molecule has 1 aromatic carbocycles. The van der Waals surface area contributed by atoms with E-state index >= 15 is 0 Å². The minimum absolute atomic E-state index is 0.689. The van der Waals surface area contributed by atoms with Crippen LogP contribution in [0.5, 0.6) is 5.75 Å². The molecular formula is C11H16F6N5OP. The van der Waals surface area contributed by atoms with Gasteiger partial charge in [0, 0.05) is 0 Å². The van der Waals surface area contributed by atoms with Crippen molar-refractivity contribution in [3.05, 3.63) is 18.2 Å². The summed E-state index contributed by atoms with van der Waals surface area (Å²) in [5.74, 6) is 0.689. The molecule has 24 heavy (non-hydrogen) atoms. The number of ether oxygens (including phenoxy) is 1. The van der Waals surface area contributed by atoms with Gasteiger partial charge in [-0.05, 0) is 12.1 Å². The van der Waals surface area contributed by atoms with Crippen LogP contribution >= 0.6 is 7.81 Å². The van der Waals surface area contributed by atoms with Gasteiger partial charge in [-0.15, -0.1) is 0 Å². The second-order valence-corrected chi connectivity index (χ2v) is 7.00. The molecule has 138 valence electrons. The van der Waals surface area contributed by atoms with Crippen molar-refractivity contribution in [2.75, 3.05) is 28.2 Å². The Morgan fingerprint density at radius 2 is 1.62 bits per heavy atom. The number of H-pyrrole nitrogens is 1. The Morgan fingerprint density at radius 1 is 1.08 bits per heavy atom. The fraction of sp³-hybridized carbons (Fsp3) is 0.364. The molecule has 0 amide bonds. The molecule has 1 heterocycles. The molecule has 0 atom stereocenters. The summed E-state index contributed by atoms with van der Waals surface area (Å²) in [6.07, 6.45) is 0. The van der Waals surface area contributed by atoms with E-state index in [2.05, 4.69) is 15.4 Å². The number of aromatic nitrogens is 3. The number of nitrogens with one attached hydrogen (secondary N) is 1. The third-order valence-electron chi connectivity index (χ3n) is 2.28. The third kappa shape index (κ3) is 7.95. The van der Waals surface area contributed by atoms with Gasteiger partial charge < -0.3 is 4.74 Å². The molecule has 0 saturated heterocycles. The topological polar surface area (TPSA) is 57.0 Å². The van der Waals surface area contributed by atoms with Gasteiger partial charge in [-0.1, -0.05) is 6.07 Å². The Balaban J connectivity index is 0.000000351. The van der Waals surface area contributed by atoms with Gasteiger partial charge in [-0.3, -0.25) is 0 Å². The van der Waals surface area contributed by atoms with Crippen molar-refractivity contribution in [1.82, 2.24) is 20.3 Å². The summed E-state index contributed by atoms with van der Waals surface area (Å²) in [6.45, 7) is 0. The van der Waals surface area contributed by atoms with Crippen LogP contribution in [-0.2, 0) is 0 Å². The summed E-state index contributed by atoms with van der Waals surface area (Å²) >= 11 is 0. The Morgan fingerprint density at radius 3 is 2.08 bits per heavy atom. The van der Waals surface area contributed by atoms with E-state index < -0.39 is 7.81 Å². The number of benzene rings is 1. The molecule has 2 aromatic rings. The van der Waals surface area contributed by atoms with E-state index in [1.807, 2.05) is 55.9 Å². The number of para-hydroxylation sites is 1. The van der Waals surface area contributed by atoms with Gasteiger partial charge in [0.25, 0.3) is 0 Å². The standard InChI is InChI=1S/C11H16N5O.F6P/c1-15(2)11(16(3)4)17-9-7-5-6-8-10(9)13-14-12-8;1-7(2,3,4,5)6/h5-7H,1-4H3,(H,12,13,14);/q+1;-1. The number of nitrogens with zero attached hydrogens (tertiary/aromatic N) is 4. The van der Waals surface area contributed by atoms with Crippen LogP contribution in [0, 0.1) is 0 Å². The van der Waals surface area contributed by atoms with E-state index in [9.17, 15) is 25.2 Å². The number of hydrogen-bond donors (Lipinski definition) is 1. The summed E-state index contributed by atoms with van der Waals surface area (Å²) in [7, 11) is -2.94. The third-order valence-corrected chi connectivity index (χ3v) is 2.28. The fourth-order valence-corrected chi connectivity index (χ4v) is 1.61. The van der Waals surface area contributed by atoms with Crippen molar-refractivity contribution in [2.45, 2.75) is 0 Å². The van der Waals surface area contributed by atoms with Gasteiger partial charge in [0.2, 0.25) is 0 Å². The molecule has 2 rings (SSSR count). The Bertz CT molecular complexity index is 739. The SMILES string of the molecule is CN(C)C(Oc1cccc2n[nH]nc12)=[N+](C)C.F[P-](F)(F)(F)(F)F. The van der Waals surface area contributed by atoms with E-state index in [1.54, 1.807) is 0 Å². The molecule has 0 aliphatic heterocycles. The van der Waals surface area contributed by atoms with Crippen LogP contribution < -0.4 is 4.74 Å². The van der Waals surface area contributed by atoms with Gasteiger partial charge in [0.1, 0.15) is 5.52 Å². The van der Waals surface area contributed by atoms with Crippen molar-refractivity contribution in [3.63, 3.8) is 0 Å². The number of fused-ring (bicyclic) bond motifs is 1. The van der Waals surface area contributed by atoms with Crippen molar-refractivity contribution in [1.29, 1.82) is 0 Å².